The monoisotopic (exact) mass is 642 g/mol. The highest BCUT2D eigenvalue weighted by Gasteiger charge is 2.35. The van der Waals surface area contributed by atoms with Crippen LogP contribution in [-0.4, -0.2) is 55.8 Å². The Kier molecular flexibility index (Phi) is 8.57. The maximum Gasteiger partial charge on any atom is 0.259 e. The number of aromatic nitrogens is 1. The third kappa shape index (κ3) is 6.35. The molecule has 1 saturated carbocycles. The van der Waals surface area contributed by atoms with E-state index in [4.69, 9.17) is 4.42 Å². The van der Waals surface area contributed by atoms with Crippen molar-refractivity contribution in [3.8, 4) is 22.5 Å². The first-order valence-electron chi connectivity index (χ1n) is 14.7. The Bertz CT molecular complexity index is 2030. The summed E-state index contributed by atoms with van der Waals surface area (Å²) in [5.74, 6) is -0.772. The van der Waals surface area contributed by atoms with Gasteiger partial charge in [0.1, 0.15) is 23.0 Å². The number of rotatable bonds is 11. The highest BCUT2D eigenvalue weighted by Crippen LogP contribution is 2.41. The summed E-state index contributed by atoms with van der Waals surface area (Å²) in [6.07, 6.45) is 3.38. The molecule has 1 aliphatic rings. The van der Waals surface area contributed by atoms with Gasteiger partial charge in [-0.1, -0.05) is 18.2 Å². The standard InChI is InChI=1S/C34H31FN4O6S/c1-36-33(41)31-27-19-26(22-6-4-7-23(18-22)34(42)39(25-13-14-25)30-8-2-3-15-37-30)28(38-46(43,44)17-5-16-40)20-29(27)45-32(31)21-9-11-24(35)12-10-21/h2-4,6-12,15,18-20,25,38,40H,5,13-14,16-17H2,1H3,(H,36,41). The molecule has 0 unspecified atom stereocenters. The summed E-state index contributed by atoms with van der Waals surface area (Å²) in [5, 5.41) is 12.3. The highest BCUT2D eigenvalue weighted by molar-refractivity contribution is 7.92. The van der Waals surface area contributed by atoms with E-state index in [2.05, 4.69) is 15.0 Å². The van der Waals surface area contributed by atoms with Crippen molar-refractivity contribution in [3.63, 3.8) is 0 Å². The van der Waals surface area contributed by atoms with E-state index >= 15 is 0 Å². The van der Waals surface area contributed by atoms with Crippen LogP contribution in [0.3, 0.4) is 0 Å². The van der Waals surface area contributed by atoms with Crippen LogP contribution in [-0.2, 0) is 10.0 Å². The number of carbonyl (C=O) groups is 2. The first kappa shape index (κ1) is 30.9. The molecule has 3 aromatic carbocycles. The summed E-state index contributed by atoms with van der Waals surface area (Å²) >= 11 is 0. The molecule has 2 amide bonds. The number of amides is 2. The van der Waals surface area contributed by atoms with Crippen LogP contribution in [0.15, 0.2) is 89.5 Å². The molecular weight excluding hydrogens is 611 g/mol. The van der Waals surface area contributed by atoms with Crippen molar-refractivity contribution >= 4 is 44.3 Å². The van der Waals surface area contributed by atoms with Crippen molar-refractivity contribution in [1.82, 2.24) is 10.3 Å². The third-order valence-electron chi connectivity index (χ3n) is 7.67. The molecule has 2 aromatic heterocycles. The van der Waals surface area contributed by atoms with Crippen LogP contribution in [0.2, 0.25) is 0 Å². The molecule has 5 aromatic rings. The van der Waals surface area contributed by atoms with Crippen molar-refractivity contribution in [1.29, 1.82) is 0 Å². The Morgan fingerprint density at radius 1 is 1.02 bits per heavy atom. The van der Waals surface area contributed by atoms with Gasteiger partial charge in [-0.15, -0.1) is 0 Å². The Labute approximate surface area is 264 Å². The number of benzene rings is 3. The van der Waals surface area contributed by atoms with Crippen LogP contribution < -0.4 is 14.9 Å². The number of halogens is 1. The normalized spacial score (nSPS) is 13.0. The Hall–Kier alpha value is -5.07. The largest absolute Gasteiger partial charge is 0.455 e. The van der Waals surface area contributed by atoms with E-state index in [0.29, 0.717) is 33.5 Å². The zero-order valence-electron chi connectivity index (χ0n) is 24.9. The topological polar surface area (TPSA) is 142 Å². The predicted octanol–water partition coefficient (Wildman–Crippen LogP) is 5.59. The summed E-state index contributed by atoms with van der Waals surface area (Å²) in [4.78, 5) is 33.2. The van der Waals surface area contributed by atoms with Gasteiger partial charge < -0.3 is 14.8 Å². The zero-order valence-corrected chi connectivity index (χ0v) is 25.7. The predicted molar refractivity (Wildman–Crippen MR) is 174 cm³/mol. The molecule has 12 heteroatoms. The van der Waals surface area contributed by atoms with Crippen molar-refractivity contribution in [3.05, 3.63) is 102 Å². The first-order valence-corrected chi connectivity index (χ1v) is 16.4. The van der Waals surface area contributed by atoms with E-state index in [0.717, 1.165) is 12.8 Å². The van der Waals surface area contributed by atoms with Gasteiger partial charge in [0.2, 0.25) is 10.0 Å². The van der Waals surface area contributed by atoms with Crippen LogP contribution in [0.1, 0.15) is 40.0 Å². The number of hydrogen-bond acceptors (Lipinski definition) is 7. The number of aliphatic hydroxyl groups excluding tert-OH is 1. The van der Waals surface area contributed by atoms with Gasteiger partial charge in [-0.05, 0) is 79.4 Å². The smallest absolute Gasteiger partial charge is 0.259 e. The Morgan fingerprint density at radius 3 is 2.48 bits per heavy atom. The van der Waals surface area contributed by atoms with Gasteiger partial charge in [-0.2, -0.15) is 0 Å². The highest BCUT2D eigenvalue weighted by atomic mass is 32.2. The maximum atomic E-state index is 13.9. The van der Waals surface area contributed by atoms with Crippen LogP contribution in [0.5, 0.6) is 0 Å². The van der Waals surface area contributed by atoms with Gasteiger partial charge in [-0.25, -0.2) is 17.8 Å². The lowest BCUT2D eigenvalue weighted by molar-refractivity contribution is 0.0962. The lowest BCUT2D eigenvalue weighted by Crippen LogP contribution is -2.33. The van der Waals surface area contributed by atoms with Crippen LogP contribution >= 0.6 is 0 Å². The summed E-state index contributed by atoms with van der Waals surface area (Å²) in [6.45, 7) is -0.306. The second-order valence-electron chi connectivity index (χ2n) is 11.0. The van der Waals surface area contributed by atoms with E-state index in [1.165, 1.54) is 37.4 Å². The van der Waals surface area contributed by atoms with Gasteiger partial charge >= 0.3 is 0 Å². The molecule has 46 heavy (non-hydrogen) atoms. The zero-order chi connectivity index (χ0) is 32.4. The number of fused-ring (bicyclic) bond motifs is 1. The second kappa shape index (κ2) is 12.7. The van der Waals surface area contributed by atoms with Gasteiger partial charge in [-0.3, -0.25) is 19.2 Å². The fraction of sp³-hybridized carbons (Fsp3) is 0.206. The van der Waals surface area contributed by atoms with Gasteiger partial charge in [0.15, 0.2) is 0 Å². The van der Waals surface area contributed by atoms with Crippen molar-refractivity contribution < 1.29 is 31.9 Å². The quantitative estimate of drug-likeness (QED) is 0.170. The molecule has 236 valence electrons. The number of carbonyl (C=O) groups excluding carboxylic acids is 2. The van der Waals surface area contributed by atoms with E-state index in [1.807, 2.05) is 6.07 Å². The van der Waals surface area contributed by atoms with E-state index in [-0.39, 0.29) is 53.3 Å². The molecule has 1 aliphatic carbocycles. The number of nitrogens with zero attached hydrogens (tertiary/aromatic N) is 2. The van der Waals surface area contributed by atoms with Crippen LogP contribution in [0.25, 0.3) is 33.4 Å². The summed E-state index contributed by atoms with van der Waals surface area (Å²) in [5.41, 5.74) is 2.27. The number of anilines is 2. The number of sulfonamides is 1. The lowest BCUT2D eigenvalue weighted by atomic mass is 9.97. The van der Waals surface area contributed by atoms with Gasteiger partial charge in [0.05, 0.1) is 17.0 Å². The number of pyridine rings is 1. The molecule has 0 atom stereocenters. The van der Waals surface area contributed by atoms with E-state index in [9.17, 15) is 27.5 Å². The minimum Gasteiger partial charge on any atom is -0.455 e. The lowest BCUT2D eigenvalue weighted by Gasteiger charge is -2.22. The molecule has 0 spiro atoms. The van der Waals surface area contributed by atoms with Gasteiger partial charge in [0, 0.05) is 54.0 Å². The molecule has 10 nitrogen and oxygen atoms in total. The van der Waals surface area contributed by atoms with Crippen molar-refractivity contribution in [2.45, 2.75) is 25.3 Å². The summed E-state index contributed by atoms with van der Waals surface area (Å²) < 4.78 is 48.5. The molecule has 0 aliphatic heterocycles. The second-order valence-corrected chi connectivity index (χ2v) is 12.8. The first-order chi connectivity index (χ1) is 22.2. The van der Waals surface area contributed by atoms with Crippen LogP contribution in [0, 0.1) is 5.82 Å². The van der Waals surface area contributed by atoms with E-state index in [1.54, 1.807) is 53.6 Å². The SMILES string of the molecule is CNC(=O)c1c(-c2ccc(F)cc2)oc2cc(NS(=O)(=O)CCCO)c(-c3cccc(C(=O)N(c4ccccn4)C4CC4)c3)cc12. The number of nitrogens with one attached hydrogen (secondary N) is 2. The van der Waals surface area contributed by atoms with E-state index < -0.39 is 21.7 Å². The summed E-state index contributed by atoms with van der Waals surface area (Å²) in [6, 6.07) is 20.8. The molecule has 0 bridgehead atoms. The van der Waals surface area contributed by atoms with Crippen LogP contribution in [0.4, 0.5) is 15.9 Å². The molecule has 2 heterocycles. The molecule has 1 fully saturated rings. The fourth-order valence-electron chi connectivity index (χ4n) is 5.34. The molecule has 3 N–H and O–H groups in total. The maximum absolute atomic E-state index is 13.9. The number of aliphatic hydroxyl groups is 1. The minimum absolute atomic E-state index is 0.0255. The average molecular weight is 643 g/mol. The Balaban J connectivity index is 1.52. The molecular formula is C34H31FN4O6S. The van der Waals surface area contributed by atoms with Gasteiger partial charge in [0.25, 0.3) is 11.8 Å². The average Bonchev–Trinajstić information content (AvgIpc) is 3.83. The molecule has 6 rings (SSSR count). The minimum atomic E-state index is -3.91. The summed E-state index contributed by atoms with van der Waals surface area (Å²) in [7, 11) is -2.44. The van der Waals surface area contributed by atoms with Crippen molar-refractivity contribution in [2.75, 3.05) is 29.0 Å². The molecule has 0 saturated heterocycles. The molecule has 0 radical (unpaired) electrons. The number of hydrogen-bond donors (Lipinski definition) is 3. The third-order valence-corrected chi connectivity index (χ3v) is 9.03. The number of furan rings is 1. The van der Waals surface area contributed by atoms with Crippen molar-refractivity contribution in [2.24, 2.45) is 0 Å². The fourth-order valence-corrected chi connectivity index (χ4v) is 6.45. The Morgan fingerprint density at radius 2 is 1.80 bits per heavy atom.